The van der Waals surface area contributed by atoms with Crippen LogP contribution in [0.3, 0.4) is 0 Å². The Morgan fingerprint density at radius 2 is 1.75 bits per heavy atom. The lowest BCUT2D eigenvalue weighted by Gasteiger charge is -2.11. The van der Waals surface area contributed by atoms with Gasteiger partial charge in [-0.1, -0.05) is 35.9 Å². The average molecular weight is 280 g/mol. The highest BCUT2D eigenvalue weighted by Gasteiger charge is 2.11. The van der Waals surface area contributed by atoms with Crippen LogP contribution < -0.4 is 4.80 Å². The van der Waals surface area contributed by atoms with Crippen molar-refractivity contribution in [1.29, 1.82) is 5.41 Å². The molecule has 1 heterocycles. The minimum Gasteiger partial charge on any atom is -0.286 e. The summed E-state index contributed by atoms with van der Waals surface area (Å²) in [6.07, 6.45) is 0. The van der Waals surface area contributed by atoms with E-state index in [0.717, 1.165) is 11.4 Å². The Morgan fingerprint density at radius 1 is 1.00 bits per heavy atom. The van der Waals surface area contributed by atoms with Crippen LogP contribution in [0.4, 0.5) is 0 Å². The Kier molecular flexibility index (Phi) is 3.28. The van der Waals surface area contributed by atoms with Crippen LogP contribution in [0, 0.1) is 19.3 Å². The molecule has 0 unspecified atom stereocenters. The summed E-state index contributed by atoms with van der Waals surface area (Å²) in [6, 6.07) is 16.5. The van der Waals surface area contributed by atoms with Gasteiger partial charge in [0.05, 0.1) is 5.69 Å². The minimum atomic E-state index is 0.548. The molecule has 0 amide bonds. The van der Waals surface area contributed by atoms with Gasteiger partial charge in [-0.3, -0.25) is 9.98 Å². The number of nitrogens with one attached hydrogen (secondary N) is 1. The number of hydrogen-bond acceptors (Lipinski definition) is 2. The van der Waals surface area contributed by atoms with E-state index < -0.39 is 0 Å². The second kappa shape index (κ2) is 5.10. The molecule has 0 spiro atoms. The van der Waals surface area contributed by atoms with Crippen molar-refractivity contribution >= 4 is 11.3 Å². The van der Waals surface area contributed by atoms with Gasteiger partial charge in [0.15, 0.2) is 4.80 Å². The molecule has 0 aliphatic rings. The standard InChI is InChI=1S/C17H16N2S/c1-12-8-9-13(2)15(10-12)16-11-20-17(18)19(16)14-6-4-3-5-7-14/h3-11,18H,1-2H3. The third kappa shape index (κ3) is 2.21. The number of aryl methyl sites for hydroxylation is 2. The van der Waals surface area contributed by atoms with Crippen molar-refractivity contribution in [2.75, 3.05) is 0 Å². The van der Waals surface area contributed by atoms with E-state index in [1.54, 1.807) is 0 Å². The summed E-state index contributed by atoms with van der Waals surface area (Å²) in [4.78, 5) is 0.548. The zero-order chi connectivity index (χ0) is 14.1. The van der Waals surface area contributed by atoms with E-state index in [2.05, 4.69) is 37.4 Å². The Hall–Kier alpha value is -2.13. The van der Waals surface area contributed by atoms with Gasteiger partial charge in [0.2, 0.25) is 0 Å². The van der Waals surface area contributed by atoms with Gasteiger partial charge in [0, 0.05) is 16.6 Å². The van der Waals surface area contributed by atoms with Crippen molar-refractivity contribution in [3.63, 3.8) is 0 Å². The summed E-state index contributed by atoms with van der Waals surface area (Å²) in [7, 11) is 0. The molecule has 0 radical (unpaired) electrons. The Labute approximate surface area is 122 Å². The van der Waals surface area contributed by atoms with E-state index in [1.807, 2.05) is 34.9 Å². The fraction of sp³-hybridized carbons (Fsp3) is 0.118. The second-order valence-corrected chi connectivity index (χ2v) is 5.77. The van der Waals surface area contributed by atoms with Gasteiger partial charge >= 0.3 is 0 Å². The molecular formula is C17H16N2S. The fourth-order valence-electron chi connectivity index (χ4n) is 2.36. The highest BCUT2D eigenvalue weighted by Crippen LogP contribution is 2.27. The van der Waals surface area contributed by atoms with E-state index >= 15 is 0 Å². The number of hydrogen-bond donors (Lipinski definition) is 1. The maximum absolute atomic E-state index is 8.18. The topological polar surface area (TPSA) is 28.8 Å². The van der Waals surface area contributed by atoms with Gasteiger partial charge in [-0.05, 0) is 37.6 Å². The molecule has 2 nitrogen and oxygen atoms in total. The van der Waals surface area contributed by atoms with Crippen LogP contribution in [0.2, 0.25) is 0 Å². The number of para-hydroxylation sites is 1. The third-order valence-electron chi connectivity index (χ3n) is 3.41. The van der Waals surface area contributed by atoms with Gasteiger partial charge in [0.25, 0.3) is 0 Å². The van der Waals surface area contributed by atoms with Crippen LogP contribution in [-0.2, 0) is 0 Å². The average Bonchev–Trinajstić information content (AvgIpc) is 2.84. The predicted octanol–water partition coefficient (Wildman–Crippen LogP) is 4.30. The molecule has 100 valence electrons. The Morgan fingerprint density at radius 3 is 2.50 bits per heavy atom. The van der Waals surface area contributed by atoms with E-state index in [0.29, 0.717) is 4.80 Å². The summed E-state index contributed by atoms with van der Waals surface area (Å²) in [5, 5.41) is 10.3. The minimum absolute atomic E-state index is 0.548. The molecule has 1 N–H and O–H groups in total. The molecule has 1 aromatic heterocycles. The van der Waals surface area contributed by atoms with Crippen molar-refractivity contribution in [2.24, 2.45) is 0 Å². The van der Waals surface area contributed by atoms with Crippen LogP contribution in [0.5, 0.6) is 0 Å². The van der Waals surface area contributed by atoms with Crippen LogP contribution >= 0.6 is 11.3 Å². The first kappa shape index (κ1) is 12.9. The lowest BCUT2D eigenvalue weighted by atomic mass is 10.0. The lowest BCUT2D eigenvalue weighted by molar-refractivity contribution is 0.985. The quantitative estimate of drug-likeness (QED) is 0.725. The summed E-state index contributed by atoms with van der Waals surface area (Å²) >= 11 is 1.46. The molecule has 0 saturated heterocycles. The van der Waals surface area contributed by atoms with Crippen molar-refractivity contribution in [2.45, 2.75) is 13.8 Å². The number of nitrogens with zero attached hydrogens (tertiary/aromatic N) is 1. The molecule has 3 heteroatoms. The molecular weight excluding hydrogens is 264 g/mol. The molecule has 3 rings (SSSR count). The normalized spacial score (nSPS) is 10.7. The van der Waals surface area contributed by atoms with Gasteiger partial charge in [0.1, 0.15) is 0 Å². The molecule has 0 saturated carbocycles. The molecule has 0 aliphatic carbocycles. The van der Waals surface area contributed by atoms with Crippen molar-refractivity contribution in [1.82, 2.24) is 4.57 Å². The second-order valence-electron chi connectivity index (χ2n) is 4.92. The van der Waals surface area contributed by atoms with E-state index in [1.165, 1.54) is 28.0 Å². The number of thiazole rings is 1. The van der Waals surface area contributed by atoms with E-state index in [-0.39, 0.29) is 0 Å². The molecule has 0 aliphatic heterocycles. The lowest BCUT2D eigenvalue weighted by Crippen LogP contribution is -2.12. The van der Waals surface area contributed by atoms with Gasteiger partial charge in [-0.25, -0.2) is 0 Å². The maximum Gasteiger partial charge on any atom is 0.187 e. The first-order valence-electron chi connectivity index (χ1n) is 6.55. The zero-order valence-electron chi connectivity index (χ0n) is 11.6. The highest BCUT2D eigenvalue weighted by molar-refractivity contribution is 7.07. The van der Waals surface area contributed by atoms with Gasteiger partial charge in [-0.2, -0.15) is 0 Å². The van der Waals surface area contributed by atoms with Crippen LogP contribution in [0.25, 0.3) is 16.9 Å². The largest absolute Gasteiger partial charge is 0.286 e. The first-order chi connectivity index (χ1) is 9.66. The summed E-state index contributed by atoms with van der Waals surface area (Å²) in [5.41, 5.74) is 5.80. The summed E-state index contributed by atoms with van der Waals surface area (Å²) in [5.74, 6) is 0. The zero-order valence-corrected chi connectivity index (χ0v) is 12.4. The van der Waals surface area contributed by atoms with Crippen molar-refractivity contribution < 1.29 is 0 Å². The maximum atomic E-state index is 8.18. The molecule has 3 aromatic rings. The van der Waals surface area contributed by atoms with E-state index in [4.69, 9.17) is 5.41 Å². The highest BCUT2D eigenvalue weighted by atomic mass is 32.1. The molecule has 20 heavy (non-hydrogen) atoms. The van der Waals surface area contributed by atoms with Crippen LogP contribution in [0.15, 0.2) is 53.9 Å². The molecule has 0 bridgehead atoms. The van der Waals surface area contributed by atoms with Crippen LogP contribution in [0.1, 0.15) is 11.1 Å². The third-order valence-corrected chi connectivity index (χ3v) is 4.16. The molecule has 0 fully saturated rings. The SMILES string of the molecule is Cc1ccc(C)c(-c2csc(=N)n2-c2ccccc2)c1. The smallest absolute Gasteiger partial charge is 0.187 e. The molecule has 2 aromatic carbocycles. The summed E-state index contributed by atoms with van der Waals surface area (Å²) < 4.78 is 2.01. The summed E-state index contributed by atoms with van der Waals surface area (Å²) in [6.45, 7) is 4.22. The van der Waals surface area contributed by atoms with Crippen LogP contribution in [-0.4, -0.2) is 4.57 Å². The Bertz CT molecular complexity index is 797. The fourth-order valence-corrected chi connectivity index (χ4v) is 3.12. The van der Waals surface area contributed by atoms with E-state index in [9.17, 15) is 0 Å². The van der Waals surface area contributed by atoms with Gasteiger partial charge < -0.3 is 0 Å². The number of benzene rings is 2. The van der Waals surface area contributed by atoms with Crippen molar-refractivity contribution in [3.8, 4) is 16.9 Å². The predicted molar refractivity (Wildman–Crippen MR) is 84.4 cm³/mol. The Balaban J connectivity index is 2.27. The monoisotopic (exact) mass is 280 g/mol. The number of aromatic nitrogens is 1. The van der Waals surface area contributed by atoms with Crippen molar-refractivity contribution in [3.05, 3.63) is 69.8 Å². The number of rotatable bonds is 2. The first-order valence-corrected chi connectivity index (χ1v) is 7.43. The molecule has 0 atom stereocenters. The van der Waals surface area contributed by atoms with Gasteiger partial charge in [-0.15, -0.1) is 11.3 Å².